The van der Waals surface area contributed by atoms with Crippen LogP contribution in [0.5, 0.6) is 5.75 Å². The van der Waals surface area contributed by atoms with Crippen molar-refractivity contribution in [2.24, 2.45) is 0 Å². The molecule has 25 heavy (non-hydrogen) atoms. The molecular formula is C17H18BrN3O4. The van der Waals surface area contributed by atoms with Crippen LogP contribution in [-0.2, 0) is 15.0 Å². The number of benzene rings is 1. The molecule has 0 atom stereocenters. The van der Waals surface area contributed by atoms with E-state index in [4.69, 9.17) is 9.26 Å². The highest BCUT2D eigenvalue weighted by Gasteiger charge is 2.28. The first-order valence-electron chi connectivity index (χ1n) is 7.74. The van der Waals surface area contributed by atoms with Gasteiger partial charge in [0, 0.05) is 16.0 Å². The number of nitrogens with zero attached hydrogens (tertiary/aromatic N) is 2. The summed E-state index contributed by atoms with van der Waals surface area (Å²) in [6.07, 6.45) is 0. The molecule has 0 spiro atoms. The molecule has 0 saturated carbocycles. The number of anilines is 2. The Bertz CT molecular complexity index is 826. The molecule has 0 fully saturated rings. The number of carbonyl (C=O) groups is 2. The summed E-state index contributed by atoms with van der Waals surface area (Å²) in [5, 5.41) is 6.51. The average molecular weight is 408 g/mol. The van der Waals surface area contributed by atoms with Gasteiger partial charge in [0.1, 0.15) is 18.1 Å². The average Bonchev–Trinajstić information content (AvgIpc) is 2.99. The maximum Gasteiger partial charge on any atom is 0.265 e. The van der Waals surface area contributed by atoms with Crippen molar-refractivity contribution in [3.8, 4) is 5.75 Å². The van der Waals surface area contributed by atoms with Crippen molar-refractivity contribution in [1.29, 1.82) is 0 Å². The lowest BCUT2D eigenvalue weighted by Gasteiger charge is -2.28. The van der Waals surface area contributed by atoms with Gasteiger partial charge < -0.3 is 14.6 Å². The van der Waals surface area contributed by atoms with Crippen LogP contribution in [0.25, 0.3) is 0 Å². The van der Waals surface area contributed by atoms with E-state index in [0.717, 1.165) is 4.47 Å². The number of aromatic nitrogens is 1. The summed E-state index contributed by atoms with van der Waals surface area (Å²) in [6, 6.07) is 6.97. The molecule has 2 amide bonds. The Labute approximate surface area is 153 Å². The maximum atomic E-state index is 12.3. The standard InChI is InChI=1S/C17H18BrN3O4/c1-17(2,3)13-7-14(20-25-13)19-15(22)8-21-11-5-4-10(18)6-12(11)24-9-16(21)23/h4-7H,8-9H2,1-3H3,(H,19,20,22). The van der Waals surface area contributed by atoms with Gasteiger partial charge in [0.2, 0.25) is 5.91 Å². The number of rotatable bonds is 3. The van der Waals surface area contributed by atoms with Crippen molar-refractivity contribution in [3.63, 3.8) is 0 Å². The van der Waals surface area contributed by atoms with E-state index in [2.05, 4.69) is 26.4 Å². The van der Waals surface area contributed by atoms with E-state index in [1.165, 1.54) is 4.90 Å². The van der Waals surface area contributed by atoms with Crippen LogP contribution in [0.2, 0.25) is 0 Å². The van der Waals surface area contributed by atoms with Gasteiger partial charge in [-0.05, 0) is 18.2 Å². The van der Waals surface area contributed by atoms with Crippen molar-refractivity contribution >= 4 is 39.2 Å². The molecule has 7 nitrogen and oxygen atoms in total. The lowest BCUT2D eigenvalue weighted by atomic mass is 9.93. The molecule has 2 aromatic rings. The highest BCUT2D eigenvalue weighted by molar-refractivity contribution is 9.10. The van der Waals surface area contributed by atoms with E-state index >= 15 is 0 Å². The second-order valence-corrected chi connectivity index (χ2v) is 7.67. The predicted molar refractivity (Wildman–Crippen MR) is 95.8 cm³/mol. The Balaban J connectivity index is 1.73. The first kappa shape index (κ1) is 17.5. The van der Waals surface area contributed by atoms with E-state index in [-0.39, 0.29) is 30.4 Å². The first-order chi connectivity index (χ1) is 11.7. The topological polar surface area (TPSA) is 84.7 Å². The fourth-order valence-corrected chi connectivity index (χ4v) is 2.71. The molecule has 1 N–H and O–H groups in total. The number of amides is 2. The van der Waals surface area contributed by atoms with Gasteiger partial charge >= 0.3 is 0 Å². The number of hydrogen-bond donors (Lipinski definition) is 1. The second-order valence-electron chi connectivity index (χ2n) is 6.76. The summed E-state index contributed by atoms with van der Waals surface area (Å²) in [7, 11) is 0. The number of nitrogens with one attached hydrogen (secondary N) is 1. The van der Waals surface area contributed by atoms with E-state index in [9.17, 15) is 9.59 Å². The first-order valence-corrected chi connectivity index (χ1v) is 8.53. The molecule has 0 radical (unpaired) electrons. The smallest absolute Gasteiger partial charge is 0.265 e. The largest absolute Gasteiger partial charge is 0.482 e. The third-order valence-corrected chi connectivity index (χ3v) is 4.18. The minimum Gasteiger partial charge on any atom is -0.482 e. The van der Waals surface area contributed by atoms with Crippen molar-refractivity contribution in [2.75, 3.05) is 23.4 Å². The number of hydrogen-bond acceptors (Lipinski definition) is 5. The summed E-state index contributed by atoms with van der Waals surface area (Å²) >= 11 is 3.36. The Morgan fingerprint density at radius 1 is 1.36 bits per heavy atom. The third-order valence-electron chi connectivity index (χ3n) is 3.68. The molecular weight excluding hydrogens is 390 g/mol. The van der Waals surface area contributed by atoms with E-state index in [1.807, 2.05) is 20.8 Å². The minimum absolute atomic E-state index is 0.102. The van der Waals surface area contributed by atoms with E-state index < -0.39 is 0 Å². The second kappa shape index (κ2) is 6.51. The van der Waals surface area contributed by atoms with Crippen LogP contribution in [0.3, 0.4) is 0 Å². The van der Waals surface area contributed by atoms with Crippen molar-refractivity contribution in [3.05, 3.63) is 34.5 Å². The van der Waals surface area contributed by atoms with Crippen LogP contribution in [0.4, 0.5) is 11.5 Å². The van der Waals surface area contributed by atoms with Gasteiger partial charge in [-0.25, -0.2) is 0 Å². The fraction of sp³-hybridized carbons (Fsp3) is 0.353. The Hall–Kier alpha value is -2.35. The highest BCUT2D eigenvalue weighted by atomic mass is 79.9. The lowest BCUT2D eigenvalue weighted by molar-refractivity contribution is -0.123. The van der Waals surface area contributed by atoms with Crippen LogP contribution >= 0.6 is 15.9 Å². The SMILES string of the molecule is CC(C)(C)c1cc(NC(=O)CN2C(=O)COc3cc(Br)ccc32)no1. The monoisotopic (exact) mass is 407 g/mol. The zero-order chi connectivity index (χ0) is 18.2. The molecule has 1 aromatic carbocycles. The number of carbonyl (C=O) groups excluding carboxylic acids is 2. The molecule has 132 valence electrons. The molecule has 1 aliphatic rings. The number of halogens is 1. The van der Waals surface area contributed by atoms with Crippen molar-refractivity contribution in [2.45, 2.75) is 26.2 Å². The zero-order valence-corrected chi connectivity index (χ0v) is 15.7. The van der Waals surface area contributed by atoms with Crippen LogP contribution in [0, 0.1) is 0 Å². The van der Waals surface area contributed by atoms with Gasteiger partial charge in [-0.3, -0.25) is 14.5 Å². The Morgan fingerprint density at radius 2 is 2.12 bits per heavy atom. The molecule has 8 heteroatoms. The molecule has 0 bridgehead atoms. The summed E-state index contributed by atoms with van der Waals surface area (Å²) in [5.41, 5.74) is 0.354. The van der Waals surface area contributed by atoms with E-state index in [0.29, 0.717) is 23.0 Å². The summed E-state index contributed by atoms with van der Waals surface area (Å²) in [4.78, 5) is 25.9. The fourth-order valence-electron chi connectivity index (χ4n) is 2.37. The van der Waals surface area contributed by atoms with Crippen LogP contribution in [0.1, 0.15) is 26.5 Å². The van der Waals surface area contributed by atoms with E-state index in [1.54, 1.807) is 24.3 Å². The molecule has 1 aliphatic heterocycles. The van der Waals surface area contributed by atoms with Crippen LogP contribution in [0.15, 0.2) is 33.3 Å². The molecule has 0 saturated heterocycles. The summed E-state index contributed by atoms with van der Waals surface area (Å²) in [6.45, 7) is 5.73. The number of fused-ring (bicyclic) bond motifs is 1. The number of ether oxygens (including phenoxy) is 1. The van der Waals surface area contributed by atoms with Crippen molar-refractivity contribution < 1.29 is 18.8 Å². The van der Waals surface area contributed by atoms with Gasteiger partial charge in [0.25, 0.3) is 5.91 Å². The Kier molecular flexibility index (Phi) is 4.55. The van der Waals surface area contributed by atoms with Crippen LogP contribution < -0.4 is 15.0 Å². The summed E-state index contributed by atoms with van der Waals surface area (Å²) < 4.78 is 11.5. The van der Waals surface area contributed by atoms with Gasteiger partial charge in [0.05, 0.1) is 5.69 Å². The Morgan fingerprint density at radius 3 is 2.80 bits per heavy atom. The van der Waals surface area contributed by atoms with Gasteiger partial charge in [-0.15, -0.1) is 0 Å². The van der Waals surface area contributed by atoms with Gasteiger partial charge in [-0.1, -0.05) is 41.9 Å². The minimum atomic E-state index is -0.363. The third kappa shape index (κ3) is 3.84. The molecule has 1 aromatic heterocycles. The van der Waals surface area contributed by atoms with Crippen LogP contribution in [-0.4, -0.2) is 30.1 Å². The van der Waals surface area contributed by atoms with Gasteiger partial charge in [0.15, 0.2) is 12.4 Å². The molecule has 0 aliphatic carbocycles. The highest BCUT2D eigenvalue weighted by Crippen LogP contribution is 2.34. The normalized spacial score (nSPS) is 14.1. The molecule has 2 heterocycles. The molecule has 3 rings (SSSR count). The predicted octanol–water partition coefficient (Wildman–Crippen LogP) is 3.10. The quantitative estimate of drug-likeness (QED) is 0.844. The maximum absolute atomic E-state index is 12.3. The van der Waals surface area contributed by atoms with Crippen molar-refractivity contribution in [1.82, 2.24) is 5.16 Å². The van der Waals surface area contributed by atoms with Gasteiger partial charge in [-0.2, -0.15) is 0 Å². The zero-order valence-electron chi connectivity index (χ0n) is 14.1. The molecule has 0 unspecified atom stereocenters. The lowest BCUT2D eigenvalue weighted by Crippen LogP contribution is -2.43. The summed E-state index contributed by atoms with van der Waals surface area (Å²) in [5.74, 6) is 0.906.